The molecule has 3 rings (SSSR count). The molecule has 0 spiro atoms. The number of aliphatic carboxylic acids is 2. The van der Waals surface area contributed by atoms with E-state index in [1.165, 1.54) is 11.2 Å². The standard InChI is InChI=1S/C20H29N5O5S.C4H4O4/c1-15-22-19(30-23-15)17-6-4-5-7-18(17)24(2)20(26)29-16-8-11-25(12-9-16)13-10-21-14-31(3,27)28;5-3(6)1-2-4(7)8/h4-7,16,21H,8-14H2,1-3H3;1-2H,(H,5,6)(H,7,8)/b;2-1-. The van der Waals surface area contributed by atoms with Crippen LogP contribution in [0.1, 0.15) is 18.7 Å². The topological polar surface area (TPSA) is 192 Å². The van der Waals surface area contributed by atoms with Crippen LogP contribution in [0, 0.1) is 6.92 Å². The third kappa shape index (κ3) is 11.6. The summed E-state index contributed by atoms with van der Waals surface area (Å²) in [6.45, 7) is 4.68. The SMILES string of the molecule is Cc1noc(-c2ccccc2N(C)C(=O)OC2CCN(CCNCS(C)(=O)=O)CC2)n1.O=C(O)/C=C\C(=O)O. The molecule has 0 saturated carbocycles. The van der Waals surface area contributed by atoms with Gasteiger partial charge in [0.1, 0.15) is 6.10 Å². The maximum atomic E-state index is 12.7. The number of hydrogen-bond acceptors (Lipinski definition) is 11. The van der Waals surface area contributed by atoms with E-state index in [0.29, 0.717) is 41.7 Å². The number of nitrogens with one attached hydrogen (secondary N) is 1. The van der Waals surface area contributed by atoms with Crippen molar-refractivity contribution < 1.29 is 42.3 Å². The van der Waals surface area contributed by atoms with E-state index in [1.54, 1.807) is 14.0 Å². The molecule has 214 valence electrons. The van der Waals surface area contributed by atoms with Crippen LogP contribution < -0.4 is 10.2 Å². The first-order valence-electron chi connectivity index (χ1n) is 11.9. The van der Waals surface area contributed by atoms with Crippen molar-refractivity contribution in [1.29, 1.82) is 0 Å². The van der Waals surface area contributed by atoms with Gasteiger partial charge in [-0.05, 0) is 31.9 Å². The summed E-state index contributed by atoms with van der Waals surface area (Å²) in [6, 6.07) is 7.31. The lowest BCUT2D eigenvalue weighted by Gasteiger charge is -2.32. The van der Waals surface area contributed by atoms with Crippen LogP contribution in [0.5, 0.6) is 0 Å². The fourth-order valence-corrected chi connectivity index (χ4v) is 4.08. The van der Waals surface area contributed by atoms with Crippen LogP contribution in [0.2, 0.25) is 0 Å². The quantitative estimate of drug-likeness (QED) is 0.276. The van der Waals surface area contributed by atoms with Gasteiger partial charge >= 0.3 is 18.0 Å². The van der Waals surface area contributed by atoms with E-state index in [2.05, 4.69) is 20.4 Å². The zero-order chi connectivity index (χ0) is 29.0. The Bertz CT molecular complexity index is 1240. The average Bonchev–Trinajstić information content (AvgIpc) is 3.31. The van der Waals surface area contributed by atoms with E-state index >= 15 is 0 Å². The van der Waals surface area contributed by atoms with Crippen molar-refractivity contribution in [3.05, 3.63) is 42.2 Å². The normalized spacial score (nSPS) is 14.4. The molecule has 2 aromatic rings. The van der Waals surface area contributed by atoms with Crippen molar-refractivity contribution in [3.8, 4) is 11.5 Å². The molecule has 2 heterocycles. The first kappa shape index (κ1) is 31.4. The second-order valence-corrected chi connectivity index (χ2v) is 10.9. The number of hydrogen-bond donors (Lipinski definition) is 3. The number of aryl methyl sites for hydroxylation is 1. The zero-order valence-electron chi connectivity index (χ0n) is 21.9. The highest BCUT2D eigenvalue weighted by molar-refractivity contribution is 7.90. The van der Waals surface area contributed by atoms with Gasteiger partial charge in [0, 0.05) is 51.6 Å². The fraction of sp³-hybridized carbons (Fsp3) is 0.458. The number of ether oxygens (including phenoxy) is 1. The molecule has 1 amide bonds. The number of carboxylic acids is 2. The van der Waals surface area contributed by atoms with E-state index in [1.807, 2.05) is 24.3 Å². The highest BCUT2D eigenvalue weighted by Crippen LogP contribution is 2.29. The fourth-order valence-electron chi connectivity index (χ4n) is 3.56. The predicted molar refractivity (Wildman–Crippen MR) is 141 cm³/mol. The molecule has 3 N–H and O–H groups in total. The molecule has 1 fully saturated rings. The molecule has 15 heteroatoms. The van der Waals surface area contributed by atoms with Crippen LogP contribution in [0.25, 0.3) is 11.5 Å². The Morgan fingerprint density at radius 2 is 1.79 bits per heavy atom. The second kappa shape index (κ2) is 14.9. The molecular formula is C24H33N5O9S. The van der Waals surface area contributed by atoms with Crippen LogP contribution in [0.3, 0.4) is 0 Å². The van der Waals surface area contributed by atoms with E-state index in [0.717, 1.165) is 32.5 Å². The molecule has 0 atom stereocenters. The van der Waals surface area contributed by atoms with Crippen molar-refractivity contribution in [3.63, 3.8) is 0 Å². The van der Waals surface area contributed by atoms with Gasteiger partial charge in [-0.25, -0.2) is 22.8 Å². The van der Waals surface area contributed by atoms with Crippen LogP contribution in [-0.4, -0.2) is 103 Å². The molecule has 0 unspecified atom stereocenters. The summed E-state index contributed by atoms with van der Waals surface area (Å²) >= 11 is 0. The smallest absolute Gasteiger partial charge is 0.414 e. The number of sulfone groups is 1. The minimum absolute atomic E-state index is 0.0158. The first-order valence-corrected chi connectivity index (χ1v) is 14.0. The maximum Gasteiger partial charge on any atom is 0.414 e. The lowest BCUT2D eigenvalue weighted by atomic mass is 10.1. The Morgan fingerprint density at radius 3 is 2.33 bits per heavy atom. The Hall–Kier alpha value is -3.82. The molecule has 0 radical (unpaired) electrons. The van der Waals surface area contributed by atoms with Crippen molar-refractivity contribution >= 4 is 33.6 Å². The van der Waals surface area contributed by atoms with Crippen LogP contribution in [0.15, 0.2) is 40.9 Å². The Balaban J connectivity index is 0.000000580. The lowest BCUT2D eigenvalue weighted by molar-refractivity contribution is -0.134. The largest absolute Gasteiger partial charge is 0.478 e. The third-order valence-corrected chi connectivity index (χ3v) is 6.17. The molecule has 14 nitrogen and oxygen atoms in total. The Labute approximate surface area is 226 Å². The zero-order valence-corrected chi connectivity index (χ0v) is 22.8. The van der Waals surface area contributed by atoms with Gasteiger partial charge in [-0.1, -0.05) is 17.3 Å². The van der Waals surface area contributed by atoms with Crippen LogP contribution >= 0.6 is 0 Å². The Kier molecular flexibility index (Phi) is 12.0. The number of aromatic nitrogens is 2. The number of benzene rings is 1. The van der Waals surface area contributed by atoms with Crippen LogP contribution in [-0.2, 0) is 24.2 Å². The van der Waals surface area contributed by atoms with Gasteiger partial charge in [0.05, 0.1) is 17.1 Å². The van der Waals surface area contributed by atoms with Crippen LogP contribution in [0.4, 0.5) is 10.5 Å². The summed E-state index contributed by atoms with van der Waals surface area (Å²) in [5.74, 6) is -1.66. The molecule has 1 aromatic carbocycles. The van der Waals surface area contributed by atoms with Crippen molar-refractivity contribution in [1.82, 2.24) is 20.4 Å². The van der Waals surface area contributed by atoms with Gasteiger partial charge in [0.15, 0.2) is 15.7 Å². The maximum absolute atomic E-state index is 12.7. The minimum atomic E-state index is -3.01. The molecule has 0 bridgehead atoms. The lowest BCUT2D eigenvalue weighted by Crippen LogP contribution is -2.42. The number of carboxylic acid groups (broad SMARTS) is 2. The molecule has 39 heavy (non-hydrogen) atoms. The minimum Gasteiger partial charge on any atom is -0.478 e. The van der Waals surface area contributed by atoms with Gasteiger partial charge in [-0.3, -0.25) is 4.90 Å². The number of likely N-dealkylation sites (tertiary alicyclic amines) is 1. The summed E-state index contributed by atoms with van der Waals surface area (Å²) in [5.41, 5.74) is 1.30. The highest BCUT2D eigenvalue weighted by atomic mass is 32.2. The Morgan fingerprint density at radius 1 is 1.18 bits per heavy atom. The van der Waals surface area contributed by atoms with Crippen molar-refractivity contribution in [2.24, 2.45) is 0 Å². The molecular weight excluding hydrogens is 534 g/mol. The summed E-state index contributed by atoms with van der Waals surface area (Å²) in [6.07, 6.45) is 3.19. The van der Waals surface area contributed by atoms with E-state index in [4.69, 9.17) is 19.5 Å². The summed E-state index contributed by atoms with van der Waals surface area (Å²) < 4.78 is 33.3. The average molecular weight is 568 g/mol. The van der Waals surface area contributed by atoms with E-state index < -0.39 is 27.9 Å². The van der Waals surface area contributed by atoms with Gasteiger partial charge in [0.2, 0.25) is 0 Å². The summed E-state index contributed by atoms with van der Waals surface area (Å²) in [4.78, 5) is 39.8. The number of carbonyl (C=O) groups excluding carboxylic acids is 1. The molecule has 1 saturated heterocycles. The number of piperidine rings is 1. The highest BCUT2D eigenvalue weighted by Gasteiger charge is 2.25. The molecule has 1 aromatic heterocycles. The number of carbonyl (C=O) groups is 3. The monoisotopic (exact) mass is 567 g/mol. The first-order chi connectivity index (χ1) is 18.4. The molecule has 1 aliphatic rings. The third-order valence-electron chi connectivity index (χ3n) is 5.44. The number of anilines is 1. The van der Waals surface area contributed by atoms with Gasteiger partial charge < -0.3 is 29.7 Å². The van der Waals surface area contributed by atoms with Crippen molar-refractivity contribution in [2.45, 2.75) is 25.9 Å². The summed E-state index contributed by atoms with van der Waals surface area (Å²) in [7, 11) is -1.35. The predicted octanol–water partition coefficient (Wildman–Crippen LogP) is 1.39. The number of amides is 1. The second-order valence-electron chi connectivity index (χ2n) is 8.73. The summed E-state index contributed by atoms with van der Waals surface area (Å²) in [5, 5.41) is 22.4. The van der Waals surface area contributed by atoms with E-state index in [9.17, 15) is 22.8 Å². The van der Waals surface area contributed by atoms with Gasteiger partial charge in [-0.2, -0.15) is 4.98 Å². The van der Waals surface area contributed by atoms with Crippen molar-refractivity contribution in [2.75, 3.05) is 50.3 Å². The molecule has 1 aliphatic heterocycles. The molecule has 0 aliphatic carbocycles. The van der Waals surface area contributed by atoms with Gasteiger partial charge in [0.25, 0.3) is 5.89 Å². The number of rotatable bonds is 10. The van der Waals surface area contributed by atoms with Gasteiger partial charge in [-0.15, -0.1) is 0 Å². The number of para-hydroxylation sites is 1. The van der Waals surface area contributed by atoms with E-state index in [-0.39, 0.29) is 12.0 Å². The number of nitrogens with zero attached hydrogens (tertiary/aromatic N) is 4.